The molecule has 0 saturated carbocycles. The summed E-state index contributed by atoms with van der Waals surface area (Å²) in [6, 6.07) is 9.50. The van der Waals surface area contributed by atoms with Gasteiger partial charge in [-0.3, -0.25) is 29.3 Å². The molecule has 11 nitrogen and oxygen atoms in total. The molecule has 1 aliphatic rings. The minimum atomic E-state index is -1.30. The minimum absolute atomic E-state index is 0.0335. The molecule has 1 saturated heterocycles. The lowest BCUT2D eigenvalue weighted by Gasteiger charge is -2.26. The van der Waals surface area contributed by atoms with E-state index >= 15 is 0 Å². The number of aliphatic imine (C=N–C) groups is 1. The molecule has 3 rings (SSSR count). The lowest BCUT2D eigenvalue weighted by molar-refractivity contribution is -0.156. The zero-order valence-electron chi connectivity index (χ0n) is 22.8. The van der Waals surface area contributed by atoms with Crippen molar-refractivity contribution in [3.05, 3.63) is 59.9 Å². The van der Waals surface area contributed by atoms with Gasteiger partial charge in [0.05, 0.1) is 12.8 Å². The number of hydrogen-bond acceptors (Lipinski definition) is 8. The van der Waals surface area contributed by atoms with Crippen LogP contribution in [-0.4, -0.2) is 69.6 Å². The highest BCUT2D eigenvalue weighted by atomic mass is 16.5. The molecule has 0 spiro atoms. The fourth-order valence-corrected chi connectivity index (χ4v) is 4.75. The highest BCUT2D eigenvalue weighted by molar-refractivity contribution is 6.10. The summed E-state index contributed by atoms with van der Waals surface area (Å²) in [5.74, 6) is -4.18. The van der Waals surface area contributed by atoms with Crippen molar-refractivity contribution in [1.82, 2.24) is 9.88 Å². The Morgan fingerprint density at radius 2 is 1.90 bits per heavy atom. The van der Waals surface area contributed by atoms with Crippen molar-refractivity contribution >= 4 is 41.1 Å². The van der Waals surface area contributed by atoms with Crippen molar-refractivity contribution in [2.45, 2.75) is 64.5 Å². The van der Waals surface area contributed by atoms with Gasteiger partial charge in [-0.2, -0.15) is 0 Å². The number of carboxylic acids is 1. The minimum Gasteiger partial charge on any atom is -0.480 e. The van der Waals surface area contributed by atoms with Gasteiger partial charge in [0.15, 0.2) is 6.04 Å². The maximum absolute atomic E-state index is 13.3. The quantitative estimate of drug-likeness (QED) is 0.301. The smallest absolute Gasteiger partial charge is 0.329 e. The van der Waals surface area contributed by atoms with E-state index in [0.717, 1.165) is 11.3 Å². The summed E-state index contributed by atoms with van der Waals surface area (Å²) >= 11 is 0. The Labute approximate surface area is 232 Å². The summed E-state index contributed by atoms with van der Waals surface area (Å²) in [5.41, 5.74) is 1.51. The van der Waals surface area contributed by atoms with Crippen molar-refractivity contribution < 1.29 is 33.8 Å². The lowest BCUT2D eigenvalue weighted by atomic mass is 9.90. The number of amides is 3. The highest BCUT2D eigenvalue weighted by Gasteiger charge is 2.42. The van der Waals surface area contributed by atoms with Crippen LogP contribution >= 0.6 is 0 Å². The molecule has 212 valence electrons. The van der Waals surface area contributed by atoms with Crippen LogP contribution in [0.1, 0.15) is 68.4 Å². The zero-order valence-corrected chi connectivity index (χ0v) is 22.8. The van der Waals surface area contributed by atoms with E-state index in [2.05, 4.69) is 15.3 Å². The van der Waals surface area contributed by atoms with E-state index in [1.807, 2.05) is 6.92 Å². The molecule has 3 atom stereocenters. The third-order valence-corrected chi connectivity index (χ3v) is 6.81. The number of carbonyl (C=O) groups is 5. The normalized spacial score (nSPS) is 16.8. The number of unbranched alkanes of at least 4 members (excludes halogenated alkanes) is 1. The van der Waals surface area contributed by atoms with Gasteiger partial charge in [0.1, 0.15) is 11.7 Å². The molecule has 3 amide bonds. The Morgan fingerprint density at radius 1 is 1.18 bits per heavy atom. The number of likely N-dealkylation sites (tertiary alicyclic amines) is 1. The second kappa shape index (κ2) is 14.1. The molecule has 0 unspecified atom stereocenters. The second-order valence-corrected chi connectivity index (χ2v) is 9.55. The van der Waals surface area contributed by atoms with Gasteiger partial charge >= 0.3 is 11.9 Å². The van der Waals surface area contributed by atoms with Crippen LogP contribution < -0.4 is 5.32 Å². The van der Waals surface area contributed by atoms with Gasteiger partial charge in [0.2, 0.25) is 11.8 Å². The number of pyridine rings is 1. The van der Waals surface area contributed by atoms with Gasteiger partial charge in [-0.05, 0) is 38.0 Å². The molecular formula is C29H34N4O7. The number of nitrogens with one attached hydrogen (secondary N) is 1. The molecular weight excluding hydrogens is 516 g/mol. The third kappa shape index (κ3) is 7.37. The molecule has 2 N–H and O–H groups in total. The molecule has 2 heterocycles. The van der Waals surface area contributed by atoms with Crippen LogP contribution in [0.4, 0.5) is 5.69 Å². The van der Waals surface area contributed by atoms with Crippen molar-refractivity contribution in [3.63, 3.8) is 0 Å². The SMILES string of the molecule is CCCC[C@@H](CC(=O)N1C(=O)CC[C@H]1C(=O)OC)[C@@H](N=C(C)c1ccccc1NC(=O)c1ccccn1)C(=O)O. The van der Waals surface area contributed by atoms with Gasteiger partial charge < -0.3 is 15.2 Å². The Balaban J connectivity index is 1.89. The highest BCUT2D eigenvalue weighted by Crippen LogP contribution is 2.27. The van der Waals surface area contributed by atoms with E-state index in [0.29, 0.717) is 29.8 Å². The number of carbonyl (C=O) groups excluding carboxylic acids is 4. The summed E-state index contributed by atoms with van der Waals surface area (Å²) in [6.45, 7) is 3.58. The van der Waals surface area contributed by atoms with Gasteiger partial charge in [-0.1, -0.05) is 44.0 Å². The Bertz CT molecular complexity index is 1280. The number of aliphatic carboxylic acids is 1. The second-order valence-electron chi connectivity index (χ2n) is 9.55. The Morgan fingerprint density at radius 3 is 2.55 bits per heavy atom. The standard InChI is InChI=1S/C29H34N4O7/c1-4-5-10-19(17-25(35)33-23(29(39)40-3)14-15-24(33)34)26(28(37)38)31-18(2)20-11-6-7-12-21(20)32-27(36)22-13-8-9-16-30-22/h6-9,11-13,16,19,23,26H,4-5,10,14-15,17H2,1-3H3,(H,32,36)(H,37,38)/t19-,23-,26+/m0/s1. The summed E-state index contributed by atoms with van der Waals surface area (Å²) in [7, 11) is 1.19. The van der Waals surface area contributed by atoms with E-state index in [-0.39, 0.29) is 25.0 Å². The molecule has 0 aliphatic carbocycles. The van der Waals surface area contributed by atoms with Crippen LogP contribution in [0.15, 0.2) is 53.7 Å². The molecule has 1 aliphatic heterocycles. The van der Waals surface area contributed by atoms with Crippen LogP contribution in [-0.2, 0) is 23.9 Å². The molecule has 1 fully saturated rings. The number of para-hydroxylation sites is 1. The summed E-state index contributed by atoms with van der Waals surface area (Å²) in [5, 5.41) is 13.0. The number of anilines is 1. The summed E-state index contributed by atoms with van der Waals surface area (Å²) in [6.07, 6.45) is 3.20. The molecule has 1 aromatic carbocycles. The average Bonchev–Trinajstić information content (AvgIpc) is 3.35. The number of esters is 1. The van der Waals surface area contributed by atoms with E-state index in [1.165, 1.54) is 13.3 Å². The lowest BCUT2D eigenvalue weighted by Crippen LogP contribution is -2.45. The fraction of sp³-hybridized carbons (Fsp3) is 0.414. The molecule has 1 aromatic heterocycles. The number of nitrogens with zero attached hydrogens (tertiary/aromatic N) is 3. The largest absolute Gasteiger partial charge is 0.480 e. The van der Waals surface area contributed by atoms with E-state index in [4.69, 9.17) is 4.74 Å². The fourth-order valence-electron chi connectivity index (χ4n) is 4.75. The molecule has 0 radical (unpaired) electrons. The van der Waals surface area contributed by atoms with Gasteiger partial charge in [0.25, 0.3) is 5.91 Å². The first-order valence-electron chi connectivity index (χ1n) is 13.2. The number of aromatic nitrogens is 1. The maximum Gasteiger partial charge on any atom is 0.329 e. The Hall–Kier alpha value is -4.41. The summed E-state index contributed by atoms with van der Waals surface area (Å²) < 4.78 is 4.75. The van der Waals surface area contributed by atoms with Gasteiger partial charge in [-0.15, -0.1) is 0 Å². The van der Waals surface area contributed by atoms with Crippen LogP contribution in [0.5, 0.6) is 0 Å². The number of rotatable bonds is 12. The van der Waals surface area contributed by atoms with E-state index in [9.17, 15) is 29.1 Å². The first-order chi connectivity index (χ1) is 19.2. The number of imide groups is 1. The summed E-state index contributed by atoms with van der Waals surface area (Å²) in [4.78, 5) is 72.5. The van der Waals surface area contributed by atoms with Crippen LogP contribution in [0.25, 0.3) is 0 Å². The topological polar surface area (TPSA) is 155 Å². The van der Waals surface area contributed by atoms with Crippen molar-refractivity contribution in [2.24, 2.45) is 10.9 Å². The number of ether oxygens (including phenoxy) is 1. The molecule has 2 aromatic rings. The first-order valence-corrected chi connectivity index (χ1v) is 13.2. The molecule has 40 heavy (non-hydrogen) atoms. The number of carboxylic acid groups (broad SMARTS) is 1. The first kappa shape index (κ1) is 30.1. The van der Waals surface area contributed by atoms with Gasteiger partial charge in [0, 0.05) is 36.2 Å². The van der Waals surface area contributed by atoms with E-state index < -0.39 is 47.7 Å². The molecule has 0 bridgehead atoms. The van der Waals surface area contributed by atoms with E-state index in [1.54, 1.807) is 49.4 Å². The third-order valence-electron chi connectivity index (χ3n) is 6.81. The molecule has 11 heteroatoms. The maximum atomic E-state index is 13.3. The predicted molar refractivity (Wildman–Crippen MR) is 147 cm³/mol. The zero-order chi connectivity index (χ0) is 29.2. The number of methoxy groups -OCH3 is 1. The van der Waals surface area contributed by atoms with Crippen molar-refractivity contribution in [3.8, 4) is 0 Å². The number of hydrogen-bond donors (Lipinski definition) is 2. The van der Waals surface area contributed by atoms with Crippen molar-refractivity contribution in [2.75, 3.05) is 12.4 Å². The predicted octanol–water partition coefficient (Wildman–Crippen LogP) is 3.48. The Kier molecular flexibility index (Phi) is 10.6. The van der Waals surface area contributed by atoms with Crippen LogP contribution in [0, 0.1) is 5.92 Å². The van der Waals surface area contributed by atoms with Crippen molar-refractivity contribution in [1.29, 1.82) is 0 Å². The van der Waals surface area contributed by atoms with Gasteiger partial charge in [-0.25, -0.2) is 9.59 Å². The average molecular weight is 551 g/mol. The van der Waals surface area contributed by atoms with Crippen LogP contribution in [0.2, 0.25) is 0 Å². The van der Waals surface area contributed by atoms with Crippen LogP contribution in [0.3, 0.4) is 0 Å². The number of benzene rings is 1. The monoisotopic (exact) mass is 550 g/mol.